The molecule has 196 valence electrons. The van der Waals surface area contributed by atoms with Crippen LogP contribution in [0.3, 0.4) is 0 Å². The molecule has 1 N–H and O–H groups in total. The first-order chi connectivity index (χ1) is 17.6. The normalized spacial score (nSPS) is 12.0. The lowest BCUT2D eigenvalue weighted by molar-refractivity contribution is -0.139. The van der Waals surface area contributed by atoms with Crippen LogP contribution in [0.4, 0.5) is 5.69 Å². The number of rotatable bonds is 10. The molecule has 0 aliphatic carbocycles. The van der Waals surface area contributed by atoms with Gasteiger partial charge in [0.1, 0.15) is 12.6 Å². The van der Waals surface area contributed by atoms with Gasteiger partial charge in [-0.05, 0) is 62.2 Å². The lowest BCUT2D eigenvalue weighted by Crippen LogP contribution is -2.51. The minimum Gasteiger partial charge on any atom is -0.355 e. The van der Waals surface area contributed by atoms with Gasteiger partial charge in [0.15, 0.2) is 0 Å². The lowest BCUT2D eigenvalue weighted by atomic mass is 10.1. The zero-order valence-electron chi connectivity index (χ0n) is 20.8. The summed E-state index contributed by atoms with van der Waals surface area (Å²) < 4.78 is 28.4. The molecule has 0 aliphatic heterocycles. The average molecular weight is 563 g/mol. The predicted molar refractivity (Wildman–Crippen MR) is 147 cm³/mol. The van der Waals surface area contributed by atoms with Crippen molar-refractivity contribution in [2.24, 2.45) is 0 Å². The fourth-order valence-corrected chi connectivity index (χ4v) is 5.67. The second-order valence-corrected chi connectivity index (χ2v) is 11.1. The Bertz CT molecular complexity index is 1370. The van der Waals surface area contributed by atoms with Crippen molar-refractivity contribution in [3.8, 4) is 0 Å². The first kappa shape index (κ1) is 28.5. The van der Waals surface area contributed by atoms with Crippen LogP contribution < -0.4 is 9.62 Å². The summed E-state index contributed by atoms with van der Waals surface area (Å²) >= 11 is 12.6. The summed E-state index contributed by atoms with van der Waals surface area (Å²) in [5.74, 6) is -0.916. The summed E-state index contributed by atoms with van der Waals surface area (Å²) in [7, 11) is -4.22. The van der Waals surface area contributed by atoms with Crippen molar-refractivity contribution in [2.45, 2.75) is 38.3 Å². The third-order valence-corrected chi connectivity index (χ3v) is 8.24. The molecule has 0 saturated carbocycles. The fraction of sp³-hybridized carbons (Fsp3) is 0.259. The van der Waals surface area contributed by atoms with E-state index >= 15 is 0 Å². The Morgan fingerprint density at radius 1 is 0.973 bits per heavy atom. The zero-order chi connectivity index (χ0) is 27.2. The molecule has 0 bridgehead atoms. The standard InChI is InChI=1S/C27H29Cl2N3O4S/c1-4-30-27(34)20(3)31(17-21-11-9-8-10-19(21)2)26(33)18-32(25-16-22(28)14-15-24(25)29)37(35,36)23-12-6-5-7-13-23/h5-16,20H,4,17-18H2,1-3H3,(H,30,34)/t20-/m0/s1. The van der Waals surface area contributed by atoms with E-state index in [1.54, 1.807) is 32.0 Å². The number of benzene rings is 3. The maximum Gasteiger partial charge on any atom is 0.264 e. The van der Waals surface area contributed by atoms with Crippen LogP contribution >= 0.6 is 23.2 Å². The molecule has 0 spiro atoms. The van der Waals surface area contributed by atoms with E-state index in [4.69, 9.17) is 23.2 Å². The number of nitrogens with zero attached hydrogens (tertiary/aromatic N) is 2. The largest absolute Gasteiger partial charge is 0.355 e. The topological polar surface area (TPSA) is 86.8 Å². The van der Waals surface area contributed by atoms with Crippen LogP contribution in [0.25, 0.3) is 0 Å². The molecule has 0 aliphatic rings. The van der Waals surface area contributed by atoms with E-state index in [1.165, 1.54) is 35.2 Å². The number of sulfonamides is 1. The van der Waals surface area contributed by atoms with Crippen molar-refractivity contribution in [2.75, 3.05) is 17.4 Å². The number of hydrogen-bond acceptors (Lipinski definition) is 4. The molecular weight excluding hydrogens is 533 g/mol. The molecule has 3 aromatic rings. The molecule has 37 heavy (non-hydrogen) atoms. The van der Waals surface area contributed by atoms with Crippen LogP contribution in [0, 0.1) is 6.92 Å². The summed E-state index contributed by atoms with van der Waals surface area (Å²) in [6.07, 6.45) is 0. The van der Waals surface area contributed by atoms with E-state index in [0.29, 0.717) is 6.54 Å². The van der Waals surface area contributed by atoms with Crippen LogP contribution in [0.2, 0.25) is 10.0 Å². The molecule has 7 nitrogen and oxygen atoms in total. The number of nitrogens with one attached hydrogen (secondary N) is 1. The van der Waals surface area contributed by atoms with Gasteiger partial charge in [-0.1, -0.05) is 65.7 Å². The third kappa shape index (κ3) is 6.83. The Balaban J connectivity index is 2.07. The highest BCUT2D eigenvalue weighted by Crippen LogP contribution is 2.33. The van der Waals surface area contributed by atoms with Crippen LogP contribution in [0.1, 0.15) is 25.0 Å². The van der Waals surface area contributed by atoms with Gasteiger partial charge in [0.2, 0.25) is 11.8 Å². The minimum atomic E-state index is -4.22. The molecule has 0 unspecified atom stereocenters. The number of carbonyl (C=O) groups is 2. The van der Waals surface area contributed by atoms with E-state index < -0.39 is 28.5 Å². The van der Waals surface area contributed by atoms with Crippen molar-refractivity contribution in [1.82, 2.24) is 10.2 Å². The van der Waals surface area contributed by atoms with Gasteiger partial charge >= 0.3 is 0 Å². The molecule has 0 saturated heterocycles. The quantitative estimate of drug-likeness (QED) is 0.375. The minimum absolute atomic E-state index is 0.0129. The molecule has 2 amide bonds. The maximum atomic E-state index is 13.8. The van der Waals surface area contributed by atoms with Gasteiger partial charge in [-0.2, -0.15) is 0 Å². The number of halogens is 2. The summed E-state index contributed by atoms with van der Waals surface area (Å²) in [6.45, 7) is 5.23. The van der Waals surface area contributed by atoms with Crippen LogP contribution in [0.15, 0.2) is 77.7 Å². The summed E-state index contributed by atoms with van der Waals surface area (Å²) in [4.78, 5) is 28.0. The summed E-state index contributed by atoms with van der Waals surface area (Å²) in [5, 5.41) is 3.10. The molecule has 3 aromatic carbocycles. The SMILES string of the molecule is CCNC(=O)[C@H](C)N(Cc1ccccc1C)C(=O)CN(c1cc(Cl)ccc1Cl)S(=O)(=O)c1ccccc1. The second-order valence-electron chi connectivity index (χ2n) is 8.44. The Hall–Kier alpha value is -3.07. The van der Waals surface area contributed by atoms with Crippen molar-refractivity contribution in [3.05, 3.63) is 94.0 Å². The maximum absolute atomic E-state index is 13.8. The average Bonchev–Trinajstić information content (AvgIpc) is 2.88. The number of amides is 2. The highest BCUT2D eigenvalue weighted by molar-refractivity contribution is 7.92. The number of likely N-dealkylation sites (N-methyl/N-ethyl adjacent to an activating group) is 1. The van der Waals surface area contributed by atoms with E-state index in [1.807, 2.05) is 31.2 Å². The number of carbonyl (C=O) groups excluding carboxylic acids is 2. The fourth-order valence-electron chi connectivity index (χ4n) is 3.79. The second kappa shape index (κ2) is 12.4. The van der Waals surface area contributed by atoms with Gasteiger partial charge < -0.3 is 10.2 Å². The Kier molecular flexibility index (Phi) is 9.59. The first-order valence-electron chi connectivity index (χ1n) is 11.7. The van der Waals surface area contributed by atoms with Crippen molar-refractivity contribution < 1.29 is 18.0 Å². The monoisotopic (exact) mass is 561 g/mol. The molecule has 0 radical (unpaired) electrons. The molecule has 10 heteroatoms. The first-order valence-corrected chi connectivity index (χ1v) is 13.9. The van der Waals surface area contributed by atoms with E-state index in [0.717, 1.165) is 15.4 Å². The highest BCUT2D eigenvalue weighted by Gasteiger charge is 2.33. The Morgan fingerprint density at radius 3 is 2.27 bits per heavy atom. The van der Waals surface area contributed by atoms with Gasteiger partial charge in [-0.3, -0.25) is 13.9 Å². The van der Waals surface area contributed by atoms with Gasteiger partial charge in [-0.25, -0.2) is 8.42 Å². The molecule has 0 aromatic heterocycles. The Labute approximate surface area is 228 Å². The van der Waals surface area contributed by atoms with Crippen LogP contribution in [-0.4, -0.2) is 44.3 Å². The third-order valence-electron chi connectivity index (χ3n) is 5.91. The van der Waals surface area contributed by atoms with Gasteiger partial charge in [0.05, 0.1) is 15.6 Å². The van der Waals surface area contributed by atoms with Gasteiger partial charge in [0.25, 0.3) is 10.0 Å². The predicted octanol–water partition coefficient (Wildman–Crippen LogP) is 5.05. The van der Waals surface area contributed by atoms with Crippen molar-refractivity contribution in [3.63, 3.8) is 0 Å². The van der Waals surface area contributed by atoms with Gasteiger partial charge in [0, 0.05) is 18.1 Å². The molecular formula is C27H29Cl2N3O4S. The number of anilines is 1. The smallest absolute Gasteiger partial charge is 0.264 e. The van der Waals surface area contributed by atoms with Crippen LogP contribution in [-0.2, 0) is 26.2 Å². The molecule has 0 fully saturated rings. The summed E-state index contributed by atoms with van der Waals surface area (Å²) in [5.41, 5.74) is 1.84. The van der Waals surface area contributed by atoms with Crippen molar-refractivity contribution >= 4 is 50.7 Å². The molecule has 0 heterocycles. The molecule has 3 rings (SSSR count). The van der Waals surface area contributed by atoms with Gasteiger partial charge in [-0.15, -0.1) is 0 Å². The lowest BCUT2D eigenvalue weighted by Gasteiger charge is -2.32. The number of hydrogen-bond donors (Lipinski definition) is 1. The van der Waals surface area contributed by atoms with E-state index in [2.05, 4.69) is 5.32 Å². The van der Waals surface area contributed by atoms with Crippen molar-refractivity contribution in [1.29, 1.82) is 0 Å². The summed E-state index contributed by atoms with van der Waals surface area (Å²) in [6, 6.07) is 18.8. The Morgan fingerprint density at radius 2 is 1.62 bits per heavy atom. The van der Waals surface area contributed by atoms with E-state index in [-0.39, 0.29) is 33.1 Å². The van der Waals surface area contributed by atoms with E-state index in [9.17, 15) is 18.0 Å². The number of aryl methyl sites for hydroxylation is 1. The highest BCUT2D eigenvalue weighted by atomic mass is 35.5. The van der Waals surface area contributed by atoms with Crippen LogP contribution in [0.5, 0.6) is 0 Å². The molecule has 1 atom stereocenters. The zero-order valence-corrected chi connectivity index (χ0v) is 23.1.